The molecule has 0 aliphatic carbocycles. The van der Waals surface area contributed by atoms with Crippen LogP contribution >= 0.6 is 11.6 Å². The molecule has 19 heavy (non-hydrogen) atoms. The molecule has 0 saturated carbocycles. The van der Waals surface area contributed by atoms with Gasteiger partial charge in [0.1, 0.15) is 10.8 Å². The summed E-state index contributed by atoms with van der Waals surface area (Å²) in [6.07, 6.45) is 3.24. The Hall–Kier alpha value is -2.34. The van der Waals surface area contributed by atoms with Crippen LogP contribution in [0.5, 0.6) is 11.8 Å². The second-order valence-electron chi connectivity index (χ2n) is 3.82. The molecule has 96 valence electrons. The average Bonchev–Trinajstić information content (AvgIpc) is 2.88. The number of aromatic amines is 1. The van der Waals surface area contributed by atoms with Crippen LogP contribution < -0.4 is 10.1 Å². The highest BCUT2D eigenvalue weighted by molar-refractivity contribution is 6.32. The Morgan fingerprint density at radius 1 is 1.32 bits per heavy atom. The standard InChI is InChI=1S/C12H10ClN5O/c1-14-11-9(13)6-15-12(17-11)19-8-3-2-7-5-16-18-10(7)4-8/h2-6H,1H3,(H,16,18)(H,14,15,17). The Kier molecular flexibility index (Phi) is 2.92. The van der Waals surface area contributed by atoms with Crippen molar-refractivity contribution in [1.82, 2.24) is 20.2 Å². The summed E-state index contributed by atoms with van der Waals surface area (Å²) in [4.78, 5) is 8.17. The lowest BCUT2D eigenvalue weighted by Gasteiger charge is -2.06. The maximum Gasteiger partial charge on any atom is 0.323 e. The van der Waals surface area contributed by atoms with Crippen LogP contribution in [0.2, 0.25) is 5.02 Å². The third-order valence-corrected chi connectivity index (χ3v) is 2.86. The van der Waals surface area contributed by atoms with Crippen LogP contribution in [-0.4, -0.2) is 27.2 Å². The maximum absolute atomic E-state index is 5.91. The van der Waals surface area contributed by atoms with Gasteiger partial charge in [0.05, 0.1) is 17.9 Å². The van der Waals surface area contributed by atoms with Gasteiger partial charge >= 0.3 is 6.01 Å². The number of fused-ring (bicyclic) bond motifs is 1. The van der Waals surface area contributed by atoms with Crippen LogP contribution in [0.15, 0.2) is 30.6 Å². The van der Waals surface area contributed by atoms with E-state index in [4.69, 9.17) is 16.3 Å². The second kappa shape index (κ2) is 4.74. The molecule has 6 nitrogen and oxygen atoms in total. The van der Waals surface area contributed by atoms with Crippen molar-refractivity contribution >= 4 is 28.3 Å². The number of nitrogens with one attached hydrogen (secondary N) is 2. The Balaban J connectivity index is 1.91. The quantitative estimate of drug-likeness (QED) is 0.769. The van der Waals surface area contributed by atoms with Crippen molar-refractivity contribution in [2.45, 2.75) is 0 Å². The van der Waals surface area contributed by atoms with E-state index in [2.05, 4.69) is 25.5 Å². The summed E-state index contributed by atoms with van der Waals surface area (Å²) in [5.74, 6) is 1.15. The van der Waals surface area contributed by atoms with Gasteiger partial charge in [-0.1, -0.05) is 11.6 Å². The Morgan fingerprint density at radius 2 is 2.21 bits per heavy atom. The fourth-order valence-corrected chi connectivity index (χ4v) is 1.85. The van der Waals surface area contributed by atoms with Gasteiger partial charge in [0.25, 0.3) is 0 Å². The molecular weight excluding hydrogens is 266 g/mol. The number of hydrogen-bond acceptors (Lipinski definition) is 5. The van der Waals surface area contributed by atoms with Crippen LogP contribution in [0, 0.1) is 0 Å². The van der Waals surface area contributed by atoms with Crippen LogP contribution in [0.25, 0.3) is 10.9 Å². The van der Waals surface area contributed by atoms with Crippen molar-refractivity contribution in [3.63, 3.8) is 0 Å². The molecular formula is C12H10ClN5O. The molecule has 0 radical (unpaired) electrons. The van der Waals surface area contributed by atoms with Crippen LogP contribution in [-0.2, 0) is 0 Å². The average molecular weight is 276 g/mol. The fraction of sp³-hybridized carbons (Fsp3) is 0.0833. The summed E-state index contributed by atoms with van der Waals surface area (Å²) >= 11 is 5.91. The van der Waals surface area contributed by atoms with Gasteiger partial charge in [-0.05, 0) is 12.1 Å². The third kappa shape index (κ3) is 2.30. The van der Waals surface area contributed by atoms with E-state index in [0.717, 1.165) is 10.9 Å². The van der Waals surface area contributed by atoms with Gasteiger partial charge in [0.2, 0.25) is 0 Å². The van der Waals surface area contributed by atoms with Crippen LogP contribution in [0.4, 0.5) is 5.82 Å². The number of hydrogen-bond donors (Lipinski definition) is 2. The first-order valence-electron chi connectivity index (χ1n) is 5.57. The number of H-pyrrole nitrogens is 1. The number of rotatable bonds is 3. The zero-order valence-corrected chi connectivity index (χ0v) is 10.8. The first kappa shape index (κ1) is 11.7. The highest BCUT2D eigenvalue weighted by Gasteiger charge is 2.06. The van der Waals surface area contributed by atoms with Gasteiger partial charge in [0, 0.05) is 18.5 Å². The number of nitrogens with zero attached hydrogens (tertiary/aromatic N) is 3. The van der Waals surface area contributed by atoms with E-state index in [0.29, 0.717) is 16.6 Å². The summed E-state index contributed by atoms with van der Waals surface area (Å²) in [7, 11) is 1.73. The first-order chi connectivity index (χ1) is 9.26. The Labute approximate surface area is 113 Å². The van der Waals surface area contributed by atoms with Crippen molar-refractivity contribution in [2.75, 3.05) is 12.4 Å². The molecule has 1 aromatic carbocycles. The normalized spacial score (nSPS) is 10.6. The predicted molar refractivity (Wildman–Crippen MR) is 72.8 cm³/mol. The molecule has 0 bridgehead atoms. The topological polar surface area (TPSA) is 75.7 Å². The SMILES string of the molecule is CNc1nc(Oc2ccc3cn[nH]c3c2)ncc1Cl. The minimum absolute atomic E-state index is 0.229. The summed E-state index contributed by atoms with van der Waals surface area (Å²) in [6.45, 7) is 0. The molecule has 0 saturated heterocycles. The number of anilines is 1. The molecule has 0 fully saturated rings. The summed E-state index contributed by atoms with van der Waals surface area (Å²) < 4.78 is 5.58. The van der Waals surface area contributed by atoms with Gasteiger partial charge in [-0.2, -0.15) is 10.1 Å². The fourth-order valence-electron chi connectivity index (χ4n) is 1.66. The molecule has 2 aromatic heterocycles. The molecule has 0 aliphatic rings. The highest BCUT2D eigenvalue weighted by Crippen LogP contribution is 2.25. The van der Waals surface area contributed by atoms with Crippen LogP contribution in [0.3, 0.4) is 0 Å². The zero-order valence-electron chi connectivity index (χ0n) is 10.0. The predicted octanol–water partition coefficient (Wildman–Crippen LogP) is 2.84. The minimum Gasteiger partial charge on any atom is -0.424 e. The molecule has 3 rings (SSSR count). The molecule has 0 spiro atoms. The minimum atomic E-state index is 0.229. The highest BCUT2D eigenvalue weighted by atomic mass is 35.5. The van der Waals surface area contributed by atoms with E-state index in [9.17, 15) is 0 Å². The lowest BCUT2D eigenvalue weighted by molar-refractivity contribution is 0.443. The number of halogens is 1. The van der Waals surface area contributed by atoms with Gasteiger partial charge < -0.3 is 10.1 Å². The molecule has 7 heteroatoms. The summed E-state index contributed by atoms with van der Waals surface area (Å²) in [5, 5.41) is 11.1. The Bertz CT molecular complexity index is 727. The lowest BCUT2D eigenvalue weighted by atomic mass is 10.2. The second-order valence-corrected chi connectivity index (χ2v) is 4.23. The zero-order chi connectivity index (χ0) is 13.2. The number of benzene rings is 1. The molecule has 2 N–H and O–H groups in total. The number of ether oxygens (including phenoxy) is 1. The maximum atomic E-state index is 5.91. The van der Waals surface area contributed by atoms with E-state index in [1.165, 1.54) is 6.20 Å². The molecule has 0 amide bonds. The lowest BCUT2D eigenvalue weighted by Crippen LogP contribution is -1.98. The van der Waals surface area contributed by atoms with Crippen LogP contribution in [0.1, 0.15) is 0 Å². The van der Waals surface area contributed by atoms with Gasteiger partial charge in [-0.15, -0.1) is 0 Å². The molecule has 0 unspecified atom stereocenters. The molecule has 0 atom stereocenters. The van der Waals surface area contributed by atoms with Gasteiger partial charge in [-0.3, -0.25) is 5.10 Å². The van der Waals surface area contributed by atoms with Crippen molar-refractivity contribution in [3.05, 3.63) is 35.6 Å². The van der Waals surface area contributed by atoms with E-state index in [-0.39, 0.29) is 6.01 Å². The van der Waals surface area contributed by atoms with E-state index in [1.807, 2.05) is 18.2 Å². The van der Waals surface area contributed by atoms with Gasteiger partial charge in [0.15, 0.2) is 5.82 Å². The molecule has 3 aromatic rings. The monoisotopic (exact) mass is 275 g/mol. The van der Waals surface area contributed by atoms with Crippen molar-refractivity contribution < 1.29 is 4.74 Å². The van der Waals surface area contributed by atoms with E-state index >= 15 is 0 Å². The summed E-state index contributed by atoms with van der Waals surface area (Å²) in [5.41, 5.74) is 0.889. The molecule has 2 heterocycles. The van der Waals surface area contributed by atoms with E-state index in [1.54, 1.807) is 13.2 Å². The summed E-state index contributed by atoms with van der Waals surface area (Å²) in [6, 6.07) is 5.80. The third-order valence-electron chi connectivity index (χ3n) is 2.58. The molecule has 0 aliphatic heterocycles. The first-order valence-corrected chi connectivity index (χ1v) is 5.95. The van der Waals surface area contributed by atoms with E-state index < -0.39 is 0 Å². The Morgan fingerprint density at radius 3 is 3.05 bits per heavy atom. The van der Waals surface area contributed by atoms with Crippen molar-refractivity contribution in [1.29, 1.82) is 0 Å². The van der Waals surface area contributed by atoms with Crippen molar-refractivity contribution in [2.24, 2.45) is 0 Å². The number of aromatic nitrogens is 4. The smallest absolute Gasteiger partial charge is 0.323 e. The largest absolute Gasteiger partial charge is 0.424 e. The van der Waals surface area contributed by atoms with Gasteiger partial charge in [-0.25, -0.2) is 4.98 Å². The van der Waals surface area contributed by atoms with Crippen molar-refractivity contribution in [3.8, 4) is 11.8 Å².